The average Bonchev–Trinajstić information content (AvgIpc) is 2.59. The first-order valence-corrected chi connectivity index (χ1v) is 9.89. The van der Waals surface area contributed by atoms with Crippen molar-refractivity contribution in [2.45, 2.75) is 59.2 Å². The summed E-state index contributed by atoms with van der Waals surface area (Å²) in [5.41, 5.74) is 6.56. The van der Waals surface area contributed by atoms with Gasteiger partial charge in [-0.3, -0.25) is 4.98 Å². The zero-order valence-corrected chi connectivity index (χ0v) is 17.5. The van der Waals surface area contributed by atoms with E-state index in [1.54, 1.807) is 0 Å². The molecule has 1 N–H and O–H groups in total. The van der Waals surface area contributed by atoms with Gasteiger partial charge in [-0.25, -0.2) is 4.79 Å². The monoisotopic (exact) mass is 382 g/mol. The van der Waals surface area contributed by atoms with Crippen molar-refractivity contribution >= 4 is 6.09 Å². The van der Waals surface area contributed by atoms with Gasteiger partial charge in [0.05, 0.1) is 12.7 Å². The third-order valence-corrected chi connectivity index (χ3v) is 4.70. The number of hydrogen-bond donors (Lipinski definition) is 1. The summed E-state index contributed by atoms with van der Waals surface area (Å²) in [5, 5.41) is 2.83. The number of aromatic nitrogens is 1. The Morgan fingerprint density at radius 2 is 1.96 bits per heavy atom. The van der Waals surface area contributed by atoms with Gasteiger partial charge < -0.3 is 14.8 Å². The van der Waals surface area contributed by atoms with E-state index in [1.165, 1.54) is 22.3 Å². The van der Waals surface area contributed by atoms with E-state index in [1.807, 2.05) is 34.6 Å². The smallest absolute Gasteiger partial charge is 0.407 e. The molecule has 2 aromatic rings. The third kappa shape index (κ3) is 5.10. The zero-order chi connectivity index (χ0) is 20.3. The van der Waals surface area contributed by atoms with Crippen LogP contribution in [0.25, 0.3) is 11.1 Å². The second-order valence-electron chi connectivity index (χ2n) is 8.34. The molecule has 0 saturated heterocycles. The molecule has 3 rings (SSSR count). The Labute approximate surface area is 167 Å². The summed E-state index contributed by atoms with van der Waals surface area (Å²) in [7, 11) is 0. The first-order valence-electron chi connectivity index (χ1n) is 9.89. The maximum Gasteiger partial charge on any atom is 0.407 e. The number of pyridine rings is 1. The molecule has 0 aliphatic carbocycles. The second-order valence-corrected chi connectivity index (χ2v) is 8.34. The van der Waals surface area contributed by atoms with Crippen LogP contribution in [0, 0.1) is 13.8 Å². The van der Waals surface area contributed by atoms with Crippen LogP contribution in [0.2, 0.25) is 0 Å². The number of carbonyl (C=O) groups is 1. The number of nitrogens with zero attached hydrogens (tertiary/aromatic N) is 1. The van der Waals surface area contributed by atoms with Crippen molar-refractivity contribution in [1.29, 1.82) is 0 Å². The number of hydrogen-bond acceptors (Lipinski definition) is 4. The van der Waals surface area contributed by atoms with Gasteiger partial charge in [-0.1, -0.05) is 18.2 Å². The fourth-order valence-corrected chi connectivity index (χ4v) is 3.70. The number of ether oxygens (including phenoxy) is 2. The van der Waals surface area contributed by atoms with Crippen molar-refractivity contribution in [3.8, 4) is 11.1 Å². The highest BCUT2D eigenvalue weighted by molar-refractivity contribution is 5.70. The summed E-state index contributed by atoms with van der Waals surface area (Å²) >= 11 is 0. The fourth-order valence-electron chi connectivity index (χ4n) is 3.70. The molecular formula is C23H30N2O3. The van der Waals surface area contributed by atoms with E-state index >= 15 is 0 Å². The van der Waals surface area contributed by atoms with Crippen LogP contribution in [0.15, 0.2) is 30.3 Å². The maximum absolute atomic E-state index is 11.9. The number of carbonyl (C=O) groups excluding carboxylic acids is 1. The first kappa shape index (κ1) is 20.3. The maximum atomic E-state index is 11.9. The van der Waals surface area contributed by atoms with Crippen LogP contribution < -0.4 is 5.32 Å². The van der Waals surface area contributed by atoms with Crippen LogP contribution in [0.4, 0.5) is 4.79 Å². The van der Waals surface area contributed by atoms with E-state index in [4.69, 9.17) is 9.47 Å². The van der Waals surface area contributed by atoms with Gasteiger partial charge in [-0.05, 0) is 81.8 Å². The van der Waals surface area contributed by atoms with Crippen LogP contribution in [0.5, 0.6) is 0 Å². The number of rotatable bonds is 4. The summed E-state index contributed by atoms with van der Waals surface area (Å²) in [5.74, 6) is 0. The summed E-state index contributed by atoms with van der Waals surface area (Å²) in [6.07, 6.45) is 1.19. The fraction of sp³-hybridized carbons (Fsp3) is 0.478. The van der Waals surface area contributed by atoms with Crippen molar-refractivity contribution in [2.75, 3.05) is 13.2 Å². The number of benzene rings is 1. The summed E-state index contributed by atoms with van der Waals surface area (Å²) in [6, 6.07) is 10.7. The van der Waals surface area contributed by atoms with E-state index in [0.29, 0.717) is 19.6 Å². The van der Waals surface area contributed by atoms with E-state index in [-0.39, 0.29) is 12.2 Å². The van der Waals surface area contributed by atoms with E-state index < -0.39 is 5.60 Å². The van der Waals surface area contributed by atoms with Crippen LogP contribution in [0.3, 0.4) is 0 Å². The van der Waals surface area contributed by atoms with Gasteiger partial charge in [0.15, 0.2) is 0 Å². The predicted molar refractivity (Wildman–Crippen MR) is 110 cm³/mol. The lowest BCUT2D eigenvalue weighted by molar-refractivity contribution is 0.0330. The molecule has 1 aliphatic rings. The highest BCUT2D eigenvalue weighted by Crippen LogP contribution is 2.36. The number of nitrogens with one attached hydrogen (secondary N) is 1. The first-order chi connectivity index (χ1) is 13.2. The molecule has 28 heavy (non-hydrogen) atoms. The highest BCUT2D eigenvalue weighted by Gasteiger charge is 2.24. The van der Waals surface area contributed by atoms with Crippen molar-refractivity contribution in [2.24, 2.45) is 0 Å². The zero-order valence-electron chi connectivity index (χ0n) is 17.5. The molecule has 0 bridgehead atoms. The van der Waals surface area contributed by atoms with Gasteiger partial charge in [-0.15, -0.1) is 0 Å². The molecule has 5 nitrogen and oxygen atoms in total. The van der Waals surface area contributed by atoms with E-state index in [0.717, 1.165) is 17.8 Å². The molecule has 0 spiro atoms. The number of fused-ring (bicyclic) bond motifs is 1. The Bertz CT molecular complexity index is 835. The number of aryl methyl sites for hydroxylation is 2. The van der Waals surface area contributed by atoms with Gasteiger partial charge in [0.2, 0.25) is 0 Å². The summed E-state index contributed by atoms with van der Waals surface area (Å²) in [4.78, 5) is 16.4. The van der Waals surface area contributed by atoms with Crippen molar-refractivity contribution in [3.05, 3.63) is 52.8 Å². The molecule has 1 amide bonds. The Kier molecular flexibility index (Phi) is 6.04. The van der Waals surface area contributed by atoms with Crippen molar-refractivity contribution in [1.82, 2.24) is 10.3 Å². The van der Waals surface area contributed by atoms with Crippen LogP contribution in [-0.2, 0) is 15.9 Å². The van der Waals surface area contributed by atoms with Crippen LogP contribution in [0.1, 0.15) is 55.8 Å². The van der Waals surface area contributed by atoms with Gasteiger partial charge >= 0.3 is 6.09 Å². The quantitative estimate of drug-likeness (QED) is 0.817. The molecule has 1 atom stereocenters. The molecular weight excluding hydrogens is 352 g/mol. The minimum absolute atomic E-state index is 0.0253. The normalized spacial score (nSPS) is 16.4. The molecule has 1 aromatic heterocycles. The van der Waals surface area contributed by atoms with Gasteiger partial charge in [0, 0.05) is 17.9 Å². The average molecular weight is 383 g/mol. The molecule has 2 heterocycles. The van der Waals surface area contributed by atoms with Crippen molar-refractivity contribution in [3.63, 3.8) is 0 Å². The number of amides is 1. The molecule has 1 aromatic carbocycles. The second kappa shape index (κ2) is 8.31. The topological polar surface area (TPSA) is 60.5 Å². The lowest BCUT2D eigenvalue weighted by Gasteiger charge is -2.28. The molecule has 150 valence electrons. The Hall–Kier alpha value is -2.40. The minimum atomic E-state index is -0.492. The molecule has 0 unspecified atom stereocenters. The lowest BCUT2D eigenvalue weighted by Crippen LogP contribution is -2.33. The SMILES string of the molecule is Cc1cc(-c2cccc3c2CCO[C@H]3CCNC(=O)OC(C)(C)C)cc(C)n1. The predicted octanol–water partition coefficient (Wildman–Crippen LogP) is 4.89. The molecule has 5 heteroatoms. The van der Waals surface area contributed by atoms with Gasteiger partial charge in [0.1, 0.15) is 5.60 Å². The standard InChI is InChI=1S/C23H30N2O3/c1-15-13-17(14-16(2)25-15)18-7-6-8-20-19(18)10-12-27-21(20)9-11-24-22(26)28-23(3,4)5/h6-8,13-14,21H,9-12H2,1-5H3,(H,24,26)/t21-/m0/s1. The van der Waals surface area contributed by atoms with Crippen molar-refractivity contribution < 1.29 is 14.3 Å². The van der Waals surface area contributed by atoms with E-state index in [2.05, 4.69) is 40.6 Å². The molecule has 0 radical (unpaired) electrons. The van der Waals surface area contributed by atoms with Gasteiger partial charge in [0.25, 0.3) is 0 Å². The van der Waals surface area contributed by atoms with Crippen LogP contribution in [-0.4, -0.2) is 29.8 Å². The molecule has 0 saturated carbocycles. The highest BCUT2D eigenvalue weighted by atomic mass is 16.6. The Balaban J connectivity index is 1.75. The Morgan fingerprint density at radius 3 is 2.64 bits per heavy atom. The Morgan fingerprint density at radius 1 is 1.25 bits per heavy atom. The largest absolute Gasteiger partial charge is 0.444 e. The third-order valence-electron chi connectivity index (χ3n) is 4.70. The van der Waals surface area contributed by atoms with Crippen LogP contribution >= 0.6 is 0 Å². The minimum Gasteiger partial charge on any atom is -0.444 e. The van der Waals surface area contributed by atoms with Gasteiger partial charge in [-0.2, -0.15) is 0 Å². The summed E-state index contributed by atoms with van der Waals surface area (Å²) in [6.45, 7) is 10.8. The number of alkyl carbamates (subject to hydrolysis) is 1. The summed E-state index contributed by atoms with van der Waals surface area (Å²) < 4.78 is 11.3. The van der Waals surface area contributed by atoms with E-state index in [9.17, 15) is 4.79 Å². The molecule has 0 fully saturated rings. The lowest BCUT2D eigenvalue weighted by atomic mass is 9.88. The molecule has 1 aliphatic heterocycles.